The molecule has 0 spiro atoms. The maximum atomic E-state index is 13.3. The third-order valence-electron chi connectivity index (χ3n) is 5.86. The molecule has 3 aromatic rings. The molecule has 1 atom stereocenters. The van der Waals surface area contributed by atoms with Crippen LogP contribution in [-0.2, 0) is 22.4 Å². The Morgan fingerprint density at radius 1 is 1.00 bits per heavy atom. The van der Waals surface area contributed by atoms with Gasteiger partial charge >= 0.3 is 6.09 Å². The second-order valence-corrected chi connectivity index (χ2v) is 8.99. The van der Waals surface area contributed by atoms with Gasteiger partial charge in [0.15, 0.2) is 0 Å². The Hall–Kier alpha value is -3.28. The fourth-order valence-electron chi connectivity index (χ4n) is 3.57. The normalized spacial score (nSPS) is 13.4. The van der Waals surface area contributed by atoms with Gasteiger partial charge in [-0.15, -0.1) is 0 Å². The molecule has 0 unspecified atom stereocenters. The molecule has 0 aliphatic carbocycles. The molecule has 0 saturated heterocycles. The molecule has 6 heteroatoms. The lowest BCUT2D eigenvalue weighted by Crippen LogP contribution is -2.59. The minimum absolute atomic E-state index is 0.245. The number of hydrogen-bond donors (Lipinski definition) is 3. The van der Waals surface area contributed by atoms with Crippen LogP contribution in [-0.4, -0.2) is 34.7 Å². The van der Waals surface area contributed by atoms with Crippen LogP contribution in [0, 0.1) is 0 Å². The molecule has 1 aromatic heterocycles. The van der Waals surface area contributed by atoms with Gasteiger partial charge in [0.05, 0.1) is 0 Å². The highest BCUT2D eigenvalue weighted by Crippen LogP contribution is 2.24. The molecule has 0 bridgehead atoms. The van der Waals surface area contributed by atoms with E-state index in [4.69, 9.17) is 4.74 Å². The number of aromatic amines is 1. The van der Waals surface area contributed by atoms with Crippen molar-refractivity contribution in [2.75, 3.05) is 6.54 Å². The van der Waals surface area contributed by atoms with Gasteiger partial charge in [0, 0.05) is 30.1 Å². The van der Waals surface area contributed by atoms with E-state index in [-0.39, 0.29) is 5.91 Å². The summed E-state index contributed by atoms with van der Waals surface area (Å²) in [6.07, 6.45) is 3.00. The predicted molar refractivity (Wildman–Crippen MR) is 128 cm³/mol. The number of carbonyl (C=O) groups excluding carboxylic acids is 2. The first-order valence-corrected chi connectivity index (χ1v) is 11.1. The topological polar surface area (TPSA) is 83.2 Å². The maximum absolute atomic E-state index is 13.3. The average Bonchev–Trinajstić information content (AvgIpc) is 3.16. The summed E-state index contributed by atoms with van der Waals surface area (Å²) in [5.74, 6) is -0.245. The van der Waals surface area contributed by atoms with Gasteiger partial charge in [-0.3, -0.25) is 4.79 Å². The first-order valence-electron chi connectivity index (χ1n) is 11.1. The Balaban J connectivity index is 1.77. The quantitative estimate of drug-likeness (QED) is 0.454. The van der Waals surface area contributed by atoms with Crippen LogP contribution in [0.5, 0.6) is 0 Å². The Morgan fingerprint density at radius 2 is 1.69 bits per heavy atom. The summed E-state index contributed by atoms with van der Waals surface area (Å²) in [4.78, 5) is 29.2. The Labute approximate surface area is 189 Å². The van der Waals surface area contributed by atoms with E-state index in [1.54, 1.807) is 6.92 Å². The summed E-state index contributed by atoms with van der Waals surface area (Å²) in [5, 5.41) is 6.87. The van der Waals surface area contributed by atoms with Crippen LogP contribution in [0.25, 0.3) is 10.9 Å². The molecule has 0 saturated carbocycles. The first kappa shape index (κ1) is 23.4. The summed E-state index contributed by atoms with van der Waals surface area (Å²) in [5.41, 5.74) is 1.29. The minimum atomic E-state index is -1.18. The highest BCUT2D eigenvalue weighted by Gasteiger charge is 2.37. The summed E-state index contributed by atoms with van der Waals surface area (Å²) < 4.78 is 5.58. The molecule has 0 aliphatic heterocycles. The molecule has 0 radical (unpaired) electrons. The van der Waals surface area contributed by atoms with Gasteiger partial charge in [-0.2, -0.15) is 0 Å². The third kappa shape index (κ3) is 5.90. The van der Waals surface area contributed by atoms with Crippen LogP contribution in [0.1, 0.15) is 45.2 Å². The molecular weight excluding hydrogens is 402 g/mol. The molecule has 32 heavy (non-hydrogen) atoms. The van der Waals surface area contributed by atoms with Gasteiger partial charge in [0.25, 0.3) is 0 Å². The lowest BCUT2D eigenvalue weighted by molar-refractivity contribution is -0.127. The van der Waals surface area contributed by atoms with Gasteiger partial charge in [-0.25, -0.2) is 4.79 Å². The monoisotopic (exact) mass is 435 g/mol. The van der Waals surface area contributed by atoms with Crippen molar-refractivity contribution in [2.24, 2.45) is 0 Å². The van der Waals surface area contributed by atoms with Gasteiger partial charge in [0.2, 0.25) is 5.91 Å². The van der Waals surface area contributed by atoms with Gasteiger partial charge in [0.1, 0.15) is 11.1 Å². The number of carbonyl (C=O) groups is 2. The van der Waals surface area contributed by atoms with E-state index in [2.05, 4.69) is 15.6 Å². The molecule has 0 aliphatic rings. The Kier molecular flexibility index (Phi) is 7.23. The van der Waals surface area contributed by atoms with Crippen LogP contribution in [0.15, 0.2) is 60.8 Å². The minimum Gasteiger partial charge on any atom is -0.444 e. The molecular formula is C26H33N3O3. The fraction of sp³-hybridized carbons (Fsp3) is 0.385. The number of hydrogen-bond acceptors (Lipinski definition) is 3. The zero-order valence-corrected chi connectivity index (χ0v) is 19.3. The highest BCUT2D eigenvalue weighted by atomic mass is 16.6. The van der Waals surface area contributed by atoms with E-state index in [0.717, 1.165) is 22.0 Å². The largest absolute Gasteiger partial charge is 0.444 e. The number of aromatic nitrogens is 1. The molecule has 2 aromatic carbocycles. The molecule has 170 valence electrons. The van der Waals surface area contributed by atoms with Crippen LogP contribution >= 0.6 is 0 Å². The summed E-state index contributed by atoms with van der Waals surface area (Å²) in [6, 6.07) is 17.9. The van der Waals surface area contributed by atoms with E-state index in [1.807, 2.05) is 81.6 Å². The van der Waals surface area contributed by atoms with E-state index in [0.29, 0.717) is 25.8 Å². The fourth-order valence-corrected chi connectivity index (χ4v) is 3.57. The number of amides is 2. The summed E-state index contributed by atoms with van der Waals surface area (Å²) >= 11 is 0. The smallest absolute Gasteiger partial charge is 0.408 e. The molecule has 2 amide bonds. The van der Waals surface area contributed by atoms with Gasteiger partial charge < -0.3 is 20.4 Å². The number of H-pyrrole nitrogens is 1. The lowest BCUT2D eigenvalue weighted by Gasteiger charge is -2.32. The molecule has 0 fully saturated rings. The lowest BCUT2D eigenvalue weighted by atomic mass is 9.91. The molecule has 6 nitrogen and oxygen atoms in total. The van der Waals surface area contributed by atoms with Crippen molar-refractivity contribution >= 4 is 22.9 Å². The van der Waals surface area contributed by atoms with E-state index in [1.165, 1.54) is 0 Å². The van der Waals surface area contributed by atoms with Crippen LogP contribution in [0.3, 0.4) is 0 Å². The SMILES string of the molecule is CCC(C)(C)OC(=O)N[C@@](C)(Cc1c[nH]c2ccccc12)C(=O)NCCc1ccccc1. The van der Waals surface area contributed by atoms with E-state index in [9.17, 15) is 9.59 Å². The third-order valence-corrected chi connectivity index (χ3v) is 5.86. The number of benzene rings is 2. The summed E-state index contributed by atoms with van der Waals surface area (Å²) in [7, 11) is 0. The van der Waals surface area contributed by atoms with Crippen molar-refractivity contribution in [2.45, 2.75) is 58.1 Å². The van der Waals surface area contributed by atoms with Crippen LogP contribution < -0.4 is 10.6 Å². The van der Waals surface area contributed by atoms with Crippen molar-refractivity contribution in [3.63, 3.8) is 0 Å². The van der Waals surface area contributed by atoms with Crippen molar-refractivity contribution in [1.29, 1.82) is 0 Å². The second kappa shape index (κ2) is 9.90. The first-order chi connectivity index (χ1) is 15.2. The molecule has 3 rings (SSSR count). The van der Waals surface area contributed by atoms with Gasteiger partial charge in [-0.05, 0) is 50.8 Å². The number of ether oxygens (including phenoxy) is 1. The van der Waals surface area contributed by atoms with Crippen molar-refractivity contribution in [3.8, 4) is 0 Å². The zero-order chi connectivity index (χ0) is 23.2. The summed E-state index contributed by atoms with van der Waals surface area (Å²) in [6.45, 7) is 7.87. The van der Waals surface area contributed by atoms with Gasteiger partial charge in [-0.1, -0.05) is 55.5 Å². The number of para-hydroxylation sites is 1. The average molecular weight is 436 g/mol. The van der Waals surface area contributed by atoms with E-state index < -0.39 is 17.2 Å². The van der Waals surface area contributed by atoms with Crippen molar-refractivity contribution in [3.05, 3.63) is 71.9 Å². The standard InChI is InChI=1S/C26H33N3O3/c1-5-25(2,3)32-24(31)29-26(4,17-20-18-28-22-14-10-9-13-21(20)22)23(30)27-16-15-19-11-7-6-8-12-19/h6-14,18,28H,5,15-17H2,1-4H3,(H,27,30)(H,29,31)/t26-/m0/s1. The molecule has 1 heterocycles. The van der Waals surface area contributed by atoms with Crippen LogP contribution in [0.4, 0.5) is 4.79 Å². The Bertz CT molecular complexity index is 1060. The second-order valence-electron chi connectivity index (χ2n) is 8.99. The number of nitrogens with one attached hydrogen (secondary N) is 3. The zero-order valence-electron chi connectivity index (χ0n) is 19.3. The van der Waals surface area contributed by atoms with E-state index >= 15 is 0 Å². The van der Waals surface area contributed by atoms with Crippen molar-refractivity contribution in [1.82, 2.24) is 15.6 Å². The van der Waals surface area contributed by atoms with Crippen molar-refractivity contribution < 1.29 is 14.3 Å². The number of rotatable bonds is 9. The number of alkyl carbamates (subject to hydrolysis) is 1. The Morgan fingerprint density at radius 3 is 2.41 bits per heavy atom. The maximum Gasteiger partial charge on any atom is 0.408 e. The molecule has 3 N–H and O–H groups in total. The van der Waals surface area contributed by atoms with Crippen LogP contribution in [0.2, 0.25) is 0 Å². The predicted octanol–water partition coefficient (Wildman–Crippen LogP) is 4.74. The number of fused-ring (bicyclic) bond motifs is 1. The highest BCUT2D eigenvalue weighted by molar-refractivity contribution is 5.91.